The summed E-state index contributed by atoms with van der Waals surface area (Å²) in [4.78, 5) is 20.0. The highest BCUT2D eigenvalue weighted by Gasteiger charge is 2.04. The van der Waals surface area contributed by atoms with Gasteiger partial charge in [0.2, 0.25) is 11.9 Å². The van der Waals surface area contributed by atoms with Crippen LogP contribution in [-0.2, 0) is 4.79 Å². The van der Waals surface area contributed by atoms with Crippen molar-refractivity contribution in [1.29, 1.82) is 0 Å². The molecule has 5 nitrogen and oxygen atoms in total. The summed E-state index contributed by atoms with van der Waals surface area (Å²) in [5.41, 5.74) is 7.10. The van der Waals surface area contributed by atoms with Gasteiger partial charge < -0.3 is 11.1 Å². The molecule has 2 rings (SSSR count). The summed E-state index contributed by atoms with van der Waals surface area (Å²) in [6.07, 6.45) is 9.33. The van der Waals surface area contributed by atoms with Crippen molar-refractivity contribution in [1.82, 2.24) is 9.97 Å². The molecule has 0 fully saturated rings. The Balaban J connectivity index is 0.00000264. The van der Waals surface area contributed by atoms with E-state index in [1.165, 1.54) is 25.7 Å². The Hall–Kier alpha value is -1.88. The lowest BCUT2D eigenvalue weighted by molar-refractivity contribution is -0.116. The number of benzene rings is 1. The molecule has 1 aromatic heterocycles. The average molecular weight is 337 g/mol. The second kappa shape index (κ2) is 10.0. The smallest absolute Gasteiger partial charge is 0.224 e. The van der Waals surface area contributed by atoms with E-state index in [9.17, 15) is 4.79 Å². The number of fused-ring (bicyclic) bond motifs is 1. The van der Waals surface area contributed by atoms with E-state index in [0.29, 0.717) is 6.42 Å². The van der Waals surface area contributed by atoms with Crippen LogP contribution in [0.15, 0.2) is 24.4 Å². The summed E-state index contributed by atoms with van der Waals surface area (Å²) in [6.45, 7) is 2.20. The highest BCUT2D eigenvalue weighted by molar-refractivity contribution is 5.93. The van der Waals surface area contributed by atoms with Crippen molar-refractivity contribution < 1.29 is 4.79 Å². The fourth-order valence-corrected chi connectivity index (χ4v) is 2.41. The molecule has 0 unspecified atom stereocenters. The quantitative estimate of drug-likeness (QED) is 0.703. The summed E-state index contributed by atoms with van der Waals surface area (Å²) >= 11 is 0. The maximum Gasteiger partial charge on any atom is 0.224 e. The molecule has 0 spiro atoms. The minimum absolute atomic E-state index is 0. The molecule has 0 saturated heterocycles. The molecule has 126 valence electrons. The van der Waals surface area contributed by atoms with E-state index in [0.717, 1.165) is 29.4 Å². The Morgan fingerprint density at radius 3 is 2.70 bits per heavy atom. The van der Waals surface area contributed by atoms with Gasteiger partial charge in [0.25, 0.3) is 0 Å². The molecule has 3 N–H and O–H groups in total. The number of amides is 1. The molecule has 0 atom stereocenters. The number of nitrogens with one attached hydrogen (secondary N) is 1. The molecular weight excluding hydrogens is 312 g/mol. The van der Waals surface area contributed by atoms with Gasteiger partial charge in [0.1, 0.15) is 0 Å². The third kappa shape index (κ3) is 6.40. The minimum Gasteiger partial charge on any atom is -0.368 e. The molecule has 1 aromatic carbocycles. The van der Waals surface area contributed by atoms with Crippen LogP contribution in [0.1, 0.15) is 51.9 Å². The van der Waals surface area contributed by atoms with Gasteiger partial charge in [-0.3, -0.25) is 4.79 Å². The summed E-state index contributed by atoms with van der Waals surface area (Å²) in [5, 5.41) is 3.79. The molecule has 0 saturated carbocycles. The molecule has 1 heterocycles. The predicted octanol–water partition coefficient (Wildman–Crippen LogP) is 4.32. The summed E-state index contributed by atoms with van der Waals surface area (Å²) in [5.74, 6) is 0.318. The first-order valence-corrected chi connectivity index (χ1v) is 8.01. The third-order valence-corrected chi connectivity index (χ3v) is 3.64. The van der Waals surface area contributed by atoms with Crippen LogP contribution in [0, 0.1) is 0 Å². The van der Waals surface area contributed by atoms with Crippen molar-refractivity contribution >= 4 is 40.9 Å². The number of halogens is 1. The molecule has 0 aliphatic rings. The molecule has 0 bridgehead atoms. The molecular formula is C17H25ClN4O. The van der Waals surface area contributed by atoms with E-state index < -0.39 is 0 Å². The maximum absolute atomic E-state index is 11.9. The first-order valence-electron chi connectivity index (χ1n) is 8.01. The number of carbonyl (C=O) groups is 1. The number of nitrogen functional groups attached to an aromatic ring is 1. The summed E-state index contributed by atoms with van der Waals surface area (Å²) in [6, 6.07) is 5.55. The monoisotopic (exact) mass is 336 g/mol. The first-order chi connectivity index (χ1) is 10.7. The Morgan fingerprint density at radius 1 is 1.17 bits per heavy atom. The third-order valence-electron chi connectivity index (χ3n) is 3.64. The van der Waals surface area contributed by atoms with Crippen molar-refractivity contribution in [3.8, 4) is 0 Å². The second-order valence-corrected chi connectivity index (χ2v) is 5.57. The Labute approximate surface area is 143 Å². The van der Waals surface area contributed by atoms with E-state index >= 15 is 0 Å². The molecule has 23 heavy (non-hydrogen) atoms. The number of aromatic nitrogens is 2. The molecule has 2 aromatic rings. The van der Waals surface area contributed by atoms with E-state index in [2.05, 4.69) is 22.2 Å². The second-order valence-electron chi connectivity index (χ2n) is 5.57. The Bertz CT molecular complexity index is 633. The number of nitrogens with two attached hydrogens (primary N) is 1. The van der Waals surface area contributed by atoms with Gasteiger partial charge in [0.05, 0.1) is 5.52 Å². The fraction of sp³-hybridized carbons (Fsp3) is 0.471. The lowest BCUT2D eigenvalue weighted by Gasteiger charge is -2.06. The van der Waals surface area contributed by atoms with E-state index in [1.807, 2.05) is 18.2 Å². The normalized spacial score (nSPS) is 10.3. The van der Waals surface area contributed by atoms with Crippen LogP contribution in [0.4, 0.5) is 11.6 Å². The zero-order chi connectivity index (χ0) is 15.8. The van der Waals surface area contributed by atoms with E-state index in [1.54, 1.807) is 6.20 Å². The molecule has 0 aliphatic heterocycles. The highest BCUT2D eigenvalue weighted by Crippen LogP contribution is 2.18. The van der Waals surface area contributed by atoms with Crippen LogP contribution >= 0.6 is 12.4 Å². The van der Waals surface area contributed by atoms with Crippen LogP contribution in [0.25, 0.3) is 10.9 Å². The largest absolute Gasteiger partial charge is 0.368 e. The zero-order valence-electron chi connectivity index (χ0n) is 13.5. The van der Waals surface area contributed by atoms with Gasteiger partial charge in [0.15, 0.2) is 0 Å². The standard InChI is InChI=1S/C17H24N4O.ClH/c1-2-3-4-5-6-7-8-16(22)20-14-9-10-15-13(11-14)12-19-17(18)21-15;/h9-12H,2-8H2,1H3,(H,20,22)(H2,18,19,21);1H. The molecule has 0 aliphatic carbocycles. The van der Waals surface area contributed by atoms with Crippen LogP contribution < -0.4 is 11.1 Å². The lowest BCUT2D eigenvalue weighted by Crippen LogP contribution is -2.11. The first kappa shape index (κ1) is 19.2. The van der Waals surface area contributed by atoms with Gasteiger partial charge in [-0.1, -0.05) is 39.0 Å². The predicted molar refractivity (Wildman–Crippen MR) is 97.8 cm³/mol. The SMILES string of the molecule is CCCCCCCCC(=O)Nc1ccc2nc(N)ncc2c1.Cl. The number of anilines is 2. The van der Waals surface area contributed by atoms with Crippen molar-refractivity contribution in [2.24, 2.45) is 0 Å². The summed E-state index contributed by atoms with van der Waals surface area (Å²) < 4.78 is 0. The van der Waals surface area contributed by atoms with Gasteiger partial charge >= 0.3 is 0 Å². The molecule has 1 amide bonds. The lowest BCUT2D eigenvalue weighted by atomic mass is 10.1. The number of hydrogen-bond donors (Lipinski definition) is 2. The van der Waals surface area contributed by atoms with Crippen molar-refractivity contribution in [2.75, 3.05) is 11.1 Å². The van der Waals surface area contributed by atoms with Crippen LogP contribution in [-0.4, -0.2) is 15.9 Å². The average Bonchev–Trinajstić information content (AvgIpc) is 2.51. The van der Waals surface area contributed by atoms with Gasteiger partial charge in [-0.25, -0.2) is 9.97 Å². The molecule has 6 heteroatoms. The fourth-order valence-electron chi connectivity index (χ4n) is 2.41. The van der Waals surface area contributed by atoms with Gasteiger partial charge in [-0.2, -0.15) is 0 Å². The van der Waals surface area contributed by atoms with Crippen molar-refractivity contribution in [3.05, 3.63) is 24.4 Å². The topological polar surface area (TPSA) is 80.9 Å². The Kier molecular flexibility index (Phi) is 8.33. The Morgan fingerprint density at radius 2 is 1.91 bits per heavy atom. The summed E-state index contributed by atoms with van der Waals surface area (Å²) in [7, 11) is 0. The van der Waals surface area contributed by atoms with E-state index in [-0.39, 0.29) is 24.3 Å². The van der Waals surface area contributed by atoms with Gasteiger partial charge in [-0.15, -0.1) is 12.4 Å². The highest BCUT2D eigenvalue weighted by atomic mass is 35.5. The van der Waals surface area contributed by atoms with Gasteiger partial charge in [0, 0.05) is 23.7 Å². The zero-order valence-corrected chi connectivity index (χ0v) is 14.4. The van der Waals surface area contributed by atoms with Crippen LogP contribution in [0.5, 0.6) is 0 Å². The number of carbonyl (C=O) groups excluding carboxylic acids is 1. The number of rotatable bonds is 8. The number of nitrogens with zero attached hydrogens (tertiary/aromatic N) is 2. The van der Waals surface area contributed by atoms with E-state index in [4.69, 9.17) is 5.73 Å². The van der Waals surface area contributed by atoms with Crippen molar-refractivity contribution in [2.45, 2.75) is 51.9 Å². The van der Waals surface area contributed by atoms with Crippen LogP contribution in [0.3, 0.4) is 0 Å². The molecule has 0 radical (unpaired) electrons. The number of hydrogen-bond acceptors (Lipinski definition) is 4. The van der Waals surface area contributed by atoms with Crippen LogP contribution in [0.2, 0.25) is 0 Å². The van der Waals surface area contributed by atoms with Crippen molar-refractivity contribution in [3.63, 3.8) is 0 Å². The van der Waals surface area contributed by atoms with Gasteiger partial charge in [-0.05, 0) is 24.6 Å². The minimum atomic E-state index is 0. The maximum atomic E-state index is 11.9. The number of unbranched alkanes of at least 4 members (excludes halogenated alkanes) is 5.